The summed E-state index contributed by atoms with van der Waals surface area (Å²) in [6.45, 7) is 0. The number of benzene rings is 1. The second-order valence-electron chi connectivity index (χ2n) is 7.00. The van der Waals surface area contributed by atoms with Gasteiger partial charge >= 0.3 is 0 Å². The monoisotopic (exact) mass is 367 g/mol. The molecule has 2 fully saturated rings. The van der Waals surface area contributed by atoms with E-state index in [9.17, 15) is 9.59 Å². The SMILES string of the molecule is Cn1cc(C=C2C(=O)NC(=S)N(C3CCCCC3)C2=O)c2ccccc21. The minimum Gasteiger partial charge on any atom is -0.350 e. The van der Waals surface area contributed by atoms with E-state index >= 15 is 0 Å². The van der Waals surface area contributed by atoms with Gasteiger partial charge in [0, 0.05) is 35.8 Å². The van der Waals surface area contributed by atoms with Gasteiger partial charge in [0.25, 0.3) is 11.8 Å². The predicted octanol–water partition coefficient (Wildman–Crippen LogP) is 3.14. The number of nitrogens with zero attached hydrogens (tertiary/aromatic N) is 2. The molecule has 2 amide bonds. The standard InChI is InChI=1S/C20H21N3O2S/c1-22-12-13(15-9-5-6-10-17(15)22)11-16-18(24)21-20(26)23(19(16)25)14-7-3-2-4-8-14/h5-6,9-12,14H,2-4,7-8H2,1H3,(H,21,24,26). The second kappa shape index (κ2) is 6.68. The maximum atomic E-state index is 13.1. The Morgan fingerprint density at radius 2 is 1.88 bits per heavy atom. The molecule has 0 unspecified atom stereocenters. The largest absolute Gasteiger partial charge is 0.350 e. The summed E-state index contributed by atoms with van der Waals surface area (Å²) in [5, 5.41) is 3.96. The van der Waals surface area contributed by atoms with Gasteiger partial charge in [-0.2, -0.15) is 0 Å². The number of nitrogens with one attached hydrogen (secondary N) is 1. The fraction of sp³-hybridized carbons (Fsp3) is 0.350. The zero-order valence-corrected chi connectivity index (χ0v) is 15.5. The third kappa shape index (κ3) is 2.84. The summed E-state index contributed by atoms with van der Waals surface area (Å²) in [5.41, 5.74) is 2.07. The summed E-state index contributed by atoms with van der Waals surface area (Å²) in [6.07, 6.45) is 8.87. The lowest BCUT2D eigenvalue weighted by Gasteiger charge is -2.37. The lowest BCUT2D eigenvalue weighted by molar-refractivity contribution is -0.130. The van der Waals surface area contributed by atoms with Crippen molar-refractivity contribution in [2.24, 2.45) is 7.05 Å². The van der Waals surface area contributed by atoms with Crippen molar-refractivity contribution in [3.05, 3.63) is 41.6 Å². The van der Waals surface area contributed by atoms with Crippen LogP contribution in [0.5, 0.6) is 0 Å². The third-order valence-corrected chi connectivity index (χ3v) is 5.60. The van der Waals surface area contributed by atoms with Gasteiger partial charge in [-0.25, -0.2) is 0 Å². The number of hydrogen-bond donors (Lipinski definition) is 1. The highest BCUT2D eigenvalue weighted by molar-refractivity contribution is 7.80. The molecular weight excluding hydrogens is 346 g/mol. The smallest absolute Gasteiger partial charge is 0.265 e. The zero-order chi connectivity index (χ0) is 18.3. The van der Waals surface area contributed by atoms with Gasteiger partial charge in [-0.3, -0.25) is 19.8 Å². The summed E-state index contributed by atoms with van der Waals surface area (Å²) >= 11 is 5.30. The Morgan fingerprint density at radius 3 is 2.65 bits per heavy atom. The first-order valence-electron chi connectivity index (χ1n) is 9.01. The van der Waals surface area contributed by atoms with E-state index in [4.69, 9.17) is 12.2 Å². The van der Waals surface area contributed by atoms with Crippen molar-refractivity contribution < 1.29 is 9.59 Å². The molecule has 2 aliphatic rings. The van der Waals surface area contributed by atoms with Gasteiger partial charge in [-0.05, 0) is 37.2 Å². The van der Waals surface area contributed by atoms with E-state index in [1.807, 2.05) is 42.1 Å². The summed E-state index contributed by atoms with van der Waals surface area (Å²) in [4.78, 5) is 27.2. The molecule has 4 rings (SSSR count). The molecule has 1 saturated heterocycles. The predicted molar refractivity (Wildman–Crippen MR) is 105 cm³/mol. The number of aromatic nitrogens is 1. The van der Waals surface area contributed by atoms with E-state index in [-0.39, 0.29) is 22.6 Å². The molecule has 0 spiro atoms. The van der Waals surface area contributed by atoms with Gasteiger partial charge in [0.2, 0.25) is 0 Å². The molecule has 5 nitrogen and oxygen atoms in total. The minimum atomic E-state index is -0.417. The topological polar surface area (TPSA) is 54.3 Å². The Labute approximate surface area is 157 Å². The van der Waals surface area contributed by atoms with Crippen LogP contribution in [-0.4, -0.2) is 32.4 Å². The van der Waals surface area contributed by atoms with Crippen molar-refractivity contribution in [3.8, 4) is 0 Å². The number of thiocarbonyl (C=S) groups is 1. The second-order valence-corrected chi connectivity index (χ2v) is 7.38. The van der Waals surface area contributed by atoms with Crippen LogP contribution in [0.3, 0.4) is 0 Å². The number of hydrogen-bond acceptors (Lipinski definition) is 3. The number of rotatable bonds is 2. The van der Waals surface area contributed by atoms with Gasteiger partial charge < -0.3 is 4.57 Å². The average molecular weight is 367 g/mol. The zero-order valence-electron chi connectivity index (χ0n) is 14.7. The summed E-state index contributed by atoms with van der Waals surface area (Å²) < 4.78 is 2.00. The molecule has 0 bridgehead atoms. The van der Waals surface area contributed by atoms with E-state index in [2.05, 4.69) is 5.32 Å². The van der Waals surface area contributed by atoms with Crippen molar-refractivity contribution >= 4 is 46.1 Å². The maximum absolute atomic E-state index is 13.1. The number of fused-ring (bicyclic) bond motifs is 1. The van der Waals surface area contributed by atoms with Crippen LogP contribution < -0.4 is 5.32 Å². The Morgan fingerprint density at radius 1 is 1.15 bits per heavy atom. The van der Waals surface area contributed by atoms with E-state index in [0.29, 0.717) is 0 Å². The molecule has 2 heterocycles. The fourth-order valence-corrected chi connectivity index (χ4v) is 4.31. The van der Waals surface area contributed by atoms with Crippen LogP contribution >= 0.6 is 12.2 Å². The van der Waals surface area contributed by atoms with Crippen LogP contribution in [0.25, 0.3) is 17.0 Å². The van der Waals surface area contributed by atoms with E-state index in [1.54, 1.807) is 11.0 Å². The maximum Gasteiger partial charge on any atom is 0.265 e. The third-order valence-electron chi connectivity index (χ3n) is 5.30. The van der Waals surface area contributed by atoms with Crippen molar-refractivity contribution in [2.75, 3.05) is 0 Å². The van der Waals surface area contributed by atoms with E-state index < -0.39 is 5.91 Å². The Kier molecular flexibility index (Phi) is 4.36. The summed E-state index contributed by atoms with van der Waals surface area (Å²) in [7, 11) is 1.95. The molecule has 2 aromatic rings. The minimum absolute atomic E-state index is 0.0836. The molecule has 6 heteroatoms. The van der Waals surface area contributed by atoms with Crippen molar-refractivity contribution in [1.82, 2.24) is 14.8 Å². The summed E-state index contributed by atoms with van der Waals surface area (Å²) in [5.74, 6) is -0.696. The number of aryl methyl sites for hydroxylation is 1. The molecule has 1 aliphatic carbocycles. The molecule has 1 aliphatic heterocycles. The molecule has 0 atom stereocenters. The lowest BCUT2D eigenvalue weighted by Crippen LogP contribution is -2.57. The highest BCUT2D eigenvalue weighted by Crippen LogP contribution is 2.28. The van der Waals surface area contributed by atoms with Gasteiger partial charge in [0.15, 0.2) is 5.11 Å². The van der Waals surface area contributed by atoms with Crippen LogP contribution in [0.1, 0.15) is 37.7 Å². The van der Waals surface area contributed by atoms with Crippen LogP contribution in [0, 0.1) is 0 Å². The fourth-order valence-electron chi connectivity index (χ4n) is 3.99. The number of amides is 2. The van der Waals surface area contributed by atoms with Gasteiger partial charge in [-0.1, -0.05) is 37.5 Å². The van der Waals surface area contributed by atoms with Gasteiger partial charge in [0.1, 0.15) is 5.57 Å². The summed E-state index contributed by atoms with van der Waals surface area (Å²) in [6, 6.07) is 8.03. The van der Waals surface area contributed by atoms with Gasteiger partial charge in [-0.15, -0.1) is 0 Å². The molecule has 26 heavy (non-hydrogen) atoms. The average Bonchev–Trinajstić information content (AvgIpc) is 2.96. The highest BCUT2D eigenvalue weighted by Gasteiger charge is 2.38. The van der Waals surface area contributed by atoms with E-state index in [1.165, 1.54) is 6.42 Å². The first-order valence-corrected chi connectivity index (χ1v) is 9.41. The van der Waals surface area contributed by atoms with Crippen LogP contribution in [0.4, 0.5) is 0 Å². The quantitative estimate of drug-likeness (QED) is 0.504. The first-order chi connectivity index (χ1) is 12.6. The molecule has 1 N–H and O–H groups in total. The molecule has 0 radical (unpaired) electrons. The lowest BCUT2D eigenvalue weighted by atomic mass is 9.93. The molecule has 134 valence electrons. The molecular formula is C20H21N3O2S. The molecule has 1 aromatic carbocycles. The number of carbonyl (C=O) groups excluding carboxylic acids is 2. The Hall–Kier alpha value is -2.47. The van der Waals surface area contributed by atoms with E-state index in [0.717, 1.165) is 42.1 Å². The normalized spacial score (nSPS) is 20.9. The number of carbonyl (C=O) groups is 2. The van der Waals surface area contributed by atoms with Crippen molar-refractivity contribution in [1.29, 1.82) is 0 Å². The highest BCUT2D eigenvalue weighted by atomic mass is 32.1. The first kappa shape index (κ1) is 17.0. The van der Waals surface area contributed by atoms with Crippen LogP contribution in [0.15, 0.2) is 36.0 Å². The van der Waals surface area contributed by atoms with Crippen LogP contribution in [-0.2, 0) is 16.6 Å². The Bertz CT molecular complexity index is 938. The Balaban J connectivity index is 1.74. The number of para-hydroxylation sites is 1. The molecule has 1 aromatic heterocycles. The van der Waals surface area contributed by atoms with Gasteiger partial charge in [0.05, 0.1) is 0 Å². The van der Waals surface area contributed by atoms with Crippen molar-refractivity contribution in [2.45, 2.75) is 38.1 Å². The van der Waals surface area contributed by atoms with Crippen LogP contribution in [0.2, 0.25) is 0 Å². The molecule has 1 saturated carbocycles. The van der Waals surface area contributed by atoms with Crippen molar-refractivity contribution in [3.63, 3.8) is 0 Å².